The van der Waals surface area contributed by atoms with Crippen LogP contribution < -0.4 is 15.2 Å². The van der Waals surface area contributed by atoms with Crippen molar-refractivity contribution in [1.29, 1.82) is 0 Å². The van der Waals surface area contributed by atoms with Crippen molar-refractivity contribution in [3.8, 4) is 5.75 Å². The molecule has 1 aromatic heterocycles. The lowest BCUT2D eigenvalue weighted by atomic mass is 9.75. The maximum Gasteiger partial charge on any atom is 0.261 e. The molecule has 2 aliphatic rings. The zero-order valence-electron chi connectivity index (χ0n) is 17.2. The number of aromatic nitrogens is 1. The Morgan fingerprint density at radius 3 is 2.61 bits per heavy atom. The molecular weight excluding hydrogens is 422 g/mol. The number of aromatic amines is 1. The van der Waals surface area contributed by atoms with E-state index in [1.807, 2.05) is 13.8 Å². The van der Waals surface area contributed by atoms with Crippen LogP contribution in [0.25, 0.3) is 0 Å². The van der Waals surface area contributed by atoms with E-state index in [-0.39, 0.29) is 34.0 Å². The molecule has 0 radical (unpaired) electrons. The zero-order chi connectivity index (χ0) is 22.6. The number of amides is 1. The number of hydrogen-bond donors (Lipinski definition) is 3. The number of H-pyrrole nitrogens is 1. The van der Waals surface area contributed by atoms with Gasteiger partial charge in [-0.05, 0) is 42.5 Å². The molecule has 10 heteroatoms. The Morgan fingerprint density at radius 1 is 1.19 bits per heavy atom. The highest BCUT2D eigenvalue weighted by atomic mass is 32.2. The molecule has 3 N–H and O–H groups in total. The van der Waals surface area contributed by atoms with Gasteiger partial charge in [-0.15, -0.1) is 0 Å². The van der Waals surface area contributed by atoms with Crippen LogP contribution in [0.2, 0.25) is 0 Å². The molecule has 9 nitrogen and oxygen atoms in total. The number of rotatable bonds is 3. The summed E-state index contributed by atoms with van der Waals surface area (Å²) in [5.41, 5.74) is -0.0857. The Morgan fingerprint density at radius 2 is 1.94 bits per heavy atom. The van der Waals surface area contributed by atoms with Gasteiger partial charge in [-0.25, -0.2) is 8.42 Å². The number of benzene rings is 1. The number of ketones is 1. The molecule has 4 rings (SSSR count). The topological polar surface area (TPSA) is 137 Å². The van der Waals surface area contributed by atoms with Gasteiger partial charge in [-0.2, -0.15) is 0 Å². The van der Waals surface area contributed by atoms with E-state index in [0.717, 1.165) is 0 Å². The van der Waals surface area contributed by atoms with Gasteiger partial charge in [0.15, 0.2) is 5.78 Å². The zero-order valence-corrected chi connectivity index (χ0v) is 18.0. The molecule has 164 valence electrons. The standard InChI is InChI=1S/C21H23N3O6S/c1-21(2)10-16-13(18(26)11-21)9-14(20(28)23-16)19(27)22-15-8-12(4-5-17(15)25)24-6-3-7-31(24,29)30/h4-5,8-9,25H,3,6-7,10-11H2,1-2H3,(H,22,27)(H,23,28). The highest BCUT2D eigenvalue weighted by Crippen LogP contribution is 2.34. The SMILES string of the molecule is CC1(C)CC(=O)c2cc(C(=O)Nc3cc(N4CCCS4(=O)=O)ccc3O)c(=O)[nH]c2C1. The maximum absolute atomic E-state index is 12.8. The predicted molar refractivity (Wildman–Crippen MR) is 115 cm³/mol. The van der Waals surface area contributed by atoms with E-state index in [9.17, 15) is 27.9 Å². The molecular formula is C21H23N3O6S. The lowest BCUT2D eigenvalue weighted by molar-refractivity contribution is 0.0910. The molecule has 31 heavy (non-hydrogen) atoms. The van der Waals surface area contributed by atoms with Gasteiger partial charge in [0.05, 0.1) is 17.1 Å². The second-order valence-corrected chi connectivity index (χ2v) is 10.8. The number of phenols is 1. The number of sulfonamides is 1. The molecule has 1 saturated heterocycles. The number of nitrogens with zero attached hydrogens (tertiary/aromatic N) is 1. The lowest BCUT2D eigenvalue weighted by Crippen LogP contribution is -2.32. The molecule has 1 aliphatic heterocycles. The minimum Gasteiger partial charge on any atom is -0.506 e. The quantitative estimate of drug-likeness (QED) is 0.619. The average Bonchev–Trinajstić information content (AvgIpc) is 3.01. The molecule has 0 spiro atoms. The van der Waals surface area contributed by atoms with Crippen LogP contribution in [0, 0.1) is 5.41 Å². The molecule has 0 atom stereocenters. The molecule has 1 fully saturated rings. The van der Waals surface area contributed by atoms with Crippen molar-refractivity contribution in [2.24, 2.45) is 5.41 Å². The molecule has 1 aliphatic carbocycles. The largest absolute Gasteiger partial charge is 0.506 e. The van der Waals surface area contributed by atoms with Gasteiger partial charge in [-0.3, -0.25) is 18.7 Å². The Hall–Kier alpha value is -3.14. The van der Waals surface area contributed by atoms with Crippen LogP contribution in [0.15, 0.2) is 29.1 Å². The first-order chi connectivity index (χ1) is 14.5. The van der Waals surface area contributed by atoms with Gasteiger partial charge in [0, 0.05) is 24.2 Å². The number of anilines is 2. The minimum atomic E-state index is -3.44. The smallest absolute Gasteiger partial charge is 0.261 e. The van der Waals surface area contributed by atoms with Gasteiger partial charge in [0.1, 0.15) is 11.3 Å². The number of carbonyl (C=O) groups is 2. The van der Waals surface area contributed by atoms with E-state index in [0.29, 0.717) is 42.8 Å². The fourth-order valence-electron chi connectivity index (χ4n) is 4.09. The van der Waals surface area contributed by atoms with E-state index in [2.05, 4.69) is 10.3 Å². The highest BCUT2D eigenvalue weighted by Gasteiger charge is 2.33. The van der Waals surface area contributed by atoms with E-state index in [4.69, 9.17) is 0 Å². The second kappa shape index (κ2) is 7.23. The van der Waals surface area contributed by atoms with Crippen molar-refractivity contribution < 1.29 is 23.1 Å². The van der Waals surface area contributed by atoms with Crippen LogP contribution in [0.3, 0.4) is 0 Å². The summed E-state index contributed by atoms with van der Waals surface area (Å²) in [5, 5.41) is 12.6. The number of pyridine rings is 1. The number of aromatic hydroxyl groups is 1. The van der Waals surface area contributed by atoms with Crippen molar-refractivity contribution in [2.45, 2.75) is 33.1 Å². The van der Waals surface area contributed by atoms with E-state index < -0.39 is 21.5 Å². The molecule has 2 heterocycles. The Labute approximate surface area is 179 Å². The summed E-state index contributed by atoms with van der Waals surface area (Å²) in [6, 6.07) is 5.35. The molecule has 0 saturated carbocycles. The van der Waals surface area contributed by atoms with Gasteiger partial charge < -0.3 is 15.4 Å². The normalized spacial score (nSPS) is 19.2. The summed E-state index contributed by atoms with van der Waals surface area (Å²) in [4.78, 5) is 40.4. The predicted octanol–water partition coefficient (Wildman–Crippen LogP) is 2.03. The third-order valence-electron chi connectivity index (χ3n) is 5.58. The Kier molecular flexibility index (Phi) is 4.92. The minimum absolute atomic E-state index is 0.0326. The number of Topliss-reactive ketones (excluding diaryl/α,β-unsaturated/α-hetero) is 1. The third-order valence-corrected chi connectivity index (χ3v) is 7.45. The van der Waals surface area contributed by atoms with Gasteiger partial charge in [-0.1, -0.05) is 13.8 Å². The fraction of sp³-hybridized carbons (Fsp3) is 0.381. The summed E-state index contributed by atoms with van der Waals surface area (Å²) >= 11 is 0. The lowest BCUT2D eigenvalue weighted by Gasteiger charge is -2.29. The van der Waals surface area contributed by atoms with Gasteiger partial charge in [0.2, 0.25) is 10.0 Å². The van der Waals surface area contributed by atoms with Crippen molar-refractivity contribution in [3.63, 3.8) is 0 Å². The van der Waals surface area contributed by atoms with Gasteiger partial charge in [0.25, 0.3) is 11.5 Å². The number of nitrogens with one attached hydrogen (secondary N) is 2. The molecule has 0 unspecified atom stereocenters. The van der Waals surface area contributed by atoms with E-state index in [1.165, 1.54) is 28.6 Å². The molecule has 0 bridgehead atoms. The average molecular weight is 445 g/mol. The summed E-state index contributed by atoms with van der Waals surface area (Å²) in [5.74, 6) is -1.20. The Bertz CT molecular complexity index is 1260. The second-order valence-electron chi connectivity index (χ2n) is 8.74. The van der Waals surface area contributed by atoms with Crippen molar-refractivity contribution in [3.05, 3.63) is 51.4 Å². The number of fused-ring (bicyclic) bond motifs is 1. The highest BCUT2D eigenvalue weighted by molar-refractivity contribution is 7.93. The summed E-state index contributed by atoms with van der Waals surface area (Å²) in [7, 11) is -3.44. The number of carbonyl (C=O) groups excluding carboxylic acids is 2. The van der Waals surface area contributed by atoms with Crippen LogP contribution >= 0.6 is 0 Å². The third kappa shape index (κ3) is 3.95. The fourth-order valence-corrected chi connectivity index (χ4v) is 5.65. The van der Waals surface area contributed by atoms with Crippen LogP contribution in [-0.2, 0) is 16.4 Å². The summed E-state index contributed by atoms with van der Waals surface area (Å²) < 4.78 is 25.5. The van der Waals surface area contributed by atoms with Gasteiger partial charge >= 0.3 is 0 Å². The van der Waals surface area contributed by atoms with Crippen LogP contribution in [0.1, 0.15) is 53.1 Å². The van der Waals surface area contributed by atoms with E-state index >= 15 is 0 Å². The molecule has 1 aromatic carbocycles. The van der Waals surface area contributed by atoms with Crippen LogP contribution in [0.4, 0.5) is 11.4 Å². The maximum atomic E-state index is 12.8. The first kappa shape index (κ1) is 21.1. The molecule has 2 aromatic rings. The Balaban J connectivity index is 1.65. The molecule has 1 amide bonds. The first-order valence-corrected chi connectivity index (χ1v) is 11.5. The summed E-state index contributed by atoms with van der Waals surface area (Å²) in [6.45, 7) is 4.18. The first-order valence-electron chi connectivity index (χ1n) is 9.91. The van der Waals surface area contributed by atoms with Crippen LogP contribution in [-0.4, -0.2) is 42.5 Å². The number of hydrogen-bond acceptors (Lipinski definition) is 6. The van der Waals surface area contributed by atoms with Crippen molar-refractivity contribution in [2.75, 3.05) is 21.9 Å². The van der Waals surface area contributed by atoms with Crippen molar-refractivity contribution in [1.82, 2.24) is 4.98 Å². The van der Waals surface area contributed by atoms with Crippen LogP contribution in [0.5, 0.6) is 5.75 Å². The van der Waals surface area contributed by atoms with Crippen molar-refractivity contribution >= 4 is 33.1 Å². The summed E-state index contributed by atoms with van der Waals surface area (Å²) in [6.07, 6.45) is 1.30. The van der Waals surface area contributed by atoms with E-state index in [1.54, 1.807) is 0 Å². The monoisotopic (exact) mass is 445 g/mol. The number of phenolic OH excluding ortho intramolecular Hbond substituents is 1.